The monoisotopic (exact) mass is 339 g/mol. The van der Waals surface area contributed by atoms with Gasteiger partial charge in [0.05, 0.1) is 19.1 Å². The molecule has 1 heterocycles. The Balaban J connectivity index is 2.26. The second-order valence-electron chi connectivity index (χ2n) is 5.24. The summed E-state index contributed by atoms with van der Waals surface area (Å²) in [4.78, 5) is 11.5. The molecule has 1 aliphatic rings. The molecule has 1 fully saturated rings. The van der Waals surface area contributed by atoms with Gasteiger partial charge in [-0.3, -0.25) is 0 Å². The Morgan fingerprint density at radius 2 is 1.91 bits per heavy atom. The predicted octanol–water partition coefficient (Wildman–Crippen LogP) is 1.97. The van der Waals surface area contributed by atoms with Crippen molar-refractivity contribution in [2.75, 3.05) is 20.8 Å². The molecule has 0 radical (unpaired) electrons. The number of carbonyl (C=O) groups excluding carboxylic acids is 1. The minimum absolute atomic E-state index is 0.219. The lowest BCUT2D eigenvalue weighted by Gasteiger charge is -2.32. The highest BCUT2D eigenvalue weighted by Gasteiger charge is 2.32. The van der Waals surface area contributed by atoms with Gasteiger partial charge in [0, 0.05) is 18.7 Å². The van der Waals surface area contributed by atoms with Gasteiger partial charge in [0.15, 0.2) is 0 Å². The maximum atomic E-state index is 12.8. The number of methoxy groups -OCH3 is 2. The Bertz CT molecular complexity index is 666. The Morgan fingerprint density at radius 1 is 1.22 bits per heavy atom. The van der Waals surface area contributed by atoms with E-state index >= 15 is 0 Å². The molecule has 1 atom stereocenters. The van der Waals surface area contributed by atoms with Crippen LogP contribution >= 0.6 is 0 Å². The van der Waals surface area contributed by atoms with Gasteiger partial charge < -0.3 is 9.47 Å². The van der Waals surface area contributed by atoms with Crippen molar-refractivity contribution in [2.24, 2.45) is 0 Å². The Kier molecular flexibility index (Phi) is 5.79. The molecule has 0 bridgehead atoms. The first-order valence-electron chi connectivity index (χ1n) is 7.41. The van der Waals surface area contributed by atoms with E-state index in [9.17, 15) is 13.2 Å². The van der Waals surface area contributed by atoms with Crippen LogP contribution in [-0.4, -0.2) is 45.5 Å². The second-order valence-corrected chi connectivity index (χ2v) is 7.13. The molecule has 126 valence electrons. The lowest BCUT2D eigenvalue weighted by Crippen LogP contribution is -2.42. The van der Waals surface area contributed by atoms with Crippen LogP contribution in [0.5, 0.6) is 5.75 Å². The largest absolute Gasteiger partial charge is 0.497 e. The smallest absolute Gasteiger partial charge is 0.330 e. The summed E-state index contributed by atoms with van der Waals surface area (Å²) >= 11 is 0. The highest BCUT2D eigenvalue weighted by Crippen LogP contribution is 2.27. The number of carbonyl (C=O) groups is 1. The standard InChI is InChI=1S/C16H21NO5S/c1-21-14-7-9-15(10-8-14)23(19,20)17-12-4-3-5-13(17)6-11-16(18)22-2/h6-11,13H,3-5,12H2,1-2H3. The van der Waals surface area contributed by atoms with Crippen LogP contribution in [0.2, 0.25) is 0 Å². The van der Waals surface area contributed by atoms with Gasteiger partial charge in [0.1, 0.15) is 5.75 Å². The van der Waals surface area contributed by atoms with Crippen LogP contribution in [0.3, 0.4) is 0 Å². The van der Waals surface area contributed by atoms with Gasteiger partial charge in [0.2, 0.25) is 10.0 Å². The van der Waals surface area contributed by atoms with Crippen LogP contribution in [0.15, 0.2) is 41.3 Å². The highest BCUT2D eigenvalue weighted by atomic mass is 32.2. The van der Waals surface area contributed by atoms with E-state index in [2.05, 4.69) is 4.74 Å². The van der Waals surface area contributed by atoms with Crippen molar-refractivity contribution in [1.82, 2.24) is 4.31 Å². The third-order valence-electron chi connectivity index (χ3n) is 3.82. The molecule has 1 aliphatic heterocycles. The highest BCUT2D eigenvalue weighted by molar-refractivity contribution is 7.89. The maximum absolute atomic E-state index is 12.8. The van der Waals surface area contributed by atoms with E-state index in [-0.39, 0.29) is 10.9 Å². The second kappa shape index (κ2) is 7.61. The zero-order valence-corrected chi connectivity index (χ0v) is 14.1. The van der Waals surface area contributed by atoms with Crippen molar-refractivity contribution in [3.05, 3.63) is 36.4 Å². The van der Waals surface area contributed by atoms with E-state index in [1.165, 1.54) is 36.7 Å². The van der Waals surface area contributed by atoms with Gasteiger partial charge in [0.25, 0.3) is 0 Å². The first-order valence-corrected chi connectivity index (χ1v) is 8.85. The number of nitrogens with zero attached hydrogens (tertiary/aromatic N) is 1. The fraction of sp³-hybridized carbons (Fsp3) is 0.438. The topological polar surface area (TPSA) is 72.9 Å². The van der Waals surface area contributed by atoms with E-state index in [0.717, 1.165) is 12.8 Å². The van der Waals surface area contributed by atoms with E-state index in [4.69, 9.17) is 4.74 Å². The fourth-order valence-corrected chi connectivity index (χ4v) is 4.21. The number of sulfonamides is 1. The molecule has 1 aromatic rings. The van der Waals surface area contributed by atoms with Crippen LogP contribution in [0.1, 0.15) is 19.3 Å². The van der Waals surface area contributed by atoms with Crippen LogP contribution in [0, 0.1) is 0 Å². The number of ether oxygens (including phenoxy) is 2. The van der Waals surface area contributed by atoms with Crippen LogP contribution < -0.4 is 4.74 Å². The van der Waals surface area contributed by atoms with E-state index < -0.39 is 16.0 Å². The molecule has 0 aliphatic carbocycles. The lowest BCUT2D eigenvalue weighted by molar-refractivity contribution is -0.134. The summed E-state index contributed by atoms with van der Waals surface area (Å²) in [5, 5.41) is 0. The van der Waals surface area contributed by atoms with E-state index in [1.54, 1.807) is 18.2 Å². The third-order valence-corrected chi connectivity index (χ3v) is 5.76. The average molecular weight is 339 g/mol. The molecule has 1 aromatic carbocycles. The summed E-state index contributed by atoms with van der Waals surface area (Å²) in [6.45, 7) is 0.435. The zero-order valence-electron chi connectivity index (χ0n) is 13.3. The summed E-state index contributed by atoms with van der Waals surface area (Å²) < 4.78 is 36.8. The quantitative estimate of drug-likeness (QED) is 0.606. The Hall–Kier alpha value is -1.86. The number of benzene rings is 1. The van der Waals surface area contributed by atoms with E-state index in [0.29, 0.717) is 18.7 Å². The SMILES string of the molecule is COC(=O)C=CC1CCCCN1S(=O)(=O)c1ccc(OC)cc1. The summed E-state index contributed by atoms with van der Waals surface area (Å²) in [5.41, 5.74) is 0. The summed E-state index contributed by atoms with van der Waals surface area (Å²) in [5.74, 6) is 0.113. The van der Waals surface area contributed by atoms with Crippen molar-refractivity contribution >= 4 is 16.0 Å². The van der Waals surface area contributed by atoms with Crippen molar-refractivity contribution in [1.29, 1.82) is 0 Å². The van der Waals surface area contributed by atoms with Gasteiger partial charge in [-0.05, 0) is 37.1 Å². The Morgan fingerprint density at radius 3 is 2.52 bits per heavy atom. The van der Waals surface area contributed by atoms with Gasteiger partial charge in [-0.1, -0.05) is 12.5 Å². The summed E-state index contributed by atoms with van der Waals surface area (Å²) in [6.07, 6.45) is 5.30. The number of rotatable bonds is 5. The number of esters is 1. The molecule has 0 N–H and O–H groups in total. The predicted molar refractivity (Wildman–Crippen MR) is 85.7 cm³/mol. The summed E-state index contributed by atoms with van der Waals surface area (Å²) in [6, 6.07) is 5.97. The van der Waals surface area contributed by atoms with Crippen LogP contribution in [0.4, 0.5) is 0 Å². The average Bonchev–Trinajstić information content (AvgIpc) is 2.59. The Labute approximate surface area is 136 Å². The van der Waals surface area contributed by atoms with Gasteiger partial charge in [-0.25, -0.2) is 13.2 Å². The maximum Gasteiger partial charge on any atom is 0.330 e. The fourth-order valence-electron chi connectivity index (χ4n) is 2.56. The molecular weight excluding hydrogens is 318 g/mol. The van der Waals surface area contributed by atoms with Crippen molar-refractivity contribution in [3.8, 4) is 5.75 Å². The molecule has 1 unspecified atom stereocenters. The molecule has 0 spiro atoms. The van der Waals surface area contributed by atoms with E-state index in [1.807, 2.05) is 0 Å². The molecule has 7 heteroatoms. The van der Waals surface area contributed by atoms with Crippen molar-refractivity contribution in [3.63, 3.8) is 0 Å². The van der Waals surface area contributed by atoms with Gasteiger partial charge in [-0.15, -0.1) is 0 Å². The normalized spacial score (nSPS) is 19.7. The zero-order chi connectivity index (χ0) is 16.9. The minimum Gasteiger partial charge on any atom is -0.497 e. The first kappa shape index (κ1) is 17.5. The molecule has 2 rings (SSSR count). The molecule has 23 heavy (non-hydrogen) atoms. The molecule has 0 saturated carbocycles. The number of hydrogen-bond acceptors (Lipinski definition) is 5. The number of piperidine rings is 1. The molecule has 1 saturated heterocycles. The first-order chi connectivity index (χ1) is 11.0. The lowest BCUT2D eigenvalue weighted by atomic mass is 10.0. The molecule has 0 amide bonds. The summed E-state index contributed by atoms with van der Waals surface area (Å²) in [7, 11) is -0.796. The third kappa shape index (κ3) is 4.11. The number of hydrogen-bond donors (Lipinski definition) is 0. The van der Waals surface area contributed by atoms with Crippen molar-refractivity contribution in [2.45, 2.75) is 30.2 Å². The van der Waals surface area contributed by atoms with Gasteiger partial charge >= 0.3 is 5.97 Å². The molecular formula is C16H21NO5S. The van der Waals surface area contributed by atoms with Crippen LogP contribution in [-0.2, 0) is 19.6 Å². The van der Waals surface area contributed by atoms with Gasteiger partial charge in [-0.2, -0.15) is 4.31 Å². The molecule has 0 aromatic heterocycles. The van der Waals surface area contributed by atoms with Crippen molar-refractivity contribution < 1.29 is 22.7 Å². The minimum atomic E-state index is -3.62. The van der Waals surface area contributed by atoms with Crippen LogP contribution in [0.25, 0.3) is 0 Å². The molecule has 6 nitrogen and oxygen atoms in total.